The van der Waals surface area contributed by atoms with Crippen molar-refractivity contribution in [2.75, 3.05) is 19.6 Å². The Labute approximate surface area is 190 Å². The second-order valence-corrected chi connectivity index (χ2v) is 9.85. The number of amides is 1. The van der Waals surface area contributed by atoms with E-state index in [0.29, 0.717) is 18.9 Å². The quantitative estimate of drug-likeness (QED) is 0.750. The second-order valence-electron chi connectivity index (χ2n) is 9.85. The Morgan fingerprint density at radius 1 is 1.25 bits per heavy atom. The van der Waals surface area contributed by atoms with Gasteiger partial charge in [-0.3, -0.25) is 4.90 Å². The first-order valence-electron chi connectivity index (χ1n) is 11.2. The average Bonchev–Trinajstić information content (AvgIpc) is 3.13. The van der Waals surface area contributed by atoms with Crippen molar-refractivity contribution in [1.29, 1.82) is 0 Å². The van der Waals surface area contributed by atoms with Crippen LogP contribution in [0.3, 0.4) is 0 Å². The lowest BCUT2D eigenvalue weighted by Crippen LogP contribution is -2.54. The van der Waals surface area contributed by atoms with Crippen LogP contribution in [0.2, 0.25) is 0 Å². The van der Waals surface area contributed by atoms with Gasteiger partial charge >= 0.3 is 6.09 Å². The van der Waals surface area contributed by atoms with Crippen LogP contribution < -0.4 is 0 Å². The topological polar surface area (TPSA) is 91.9 Å². The number of benzene rings is 1. The van der Waals surface area contributed by atoms with Gasteiger partial charge in [0.15, 0.2) is 0 Å². The SMILES string of the molecule is Cc1cc(Cc2nnc([C@H](C)O)o2)c(C)c(CN2CCN(C(=O)OC(C)(C)C)[C@@H](C)C2)c1. The van der Waals surface area contributed by atoms with Crippen LogP contribution in [0.15, 0.2) is 16.5 Å². The summed E-state index contributed by atoms with van der Waals surface area (Å²) in [5, 5.41) is 17.6. The fourth-order valence-corrected chi connectivity index (χ4v) is 4.04. The van der Waals surface area contributed by atoms with Gasteiger partial charge in [0.05, 0.1) is 6.42 Å². The van der Waals surface area contributed by atoms with Gasteiger partial charge in [0.2, 0.25) is 11.8 Å². The number of nitrogens with zero attached hydrogens (tertiary/aromatic N) is 4. The molecule has 0 unspecified atom stereocenters. The zero-order valence-electron chi connectivity index (χ0n) is 20.3. The molecule has 8 nitrogen and oxygen atoms in total. The number of hydrogen-bond acceptors (Lipinski definition) is 7. The number of aromatic nitrogens is 2. The first-order valence-corrected chi connectivity index (χ1v) is 11.2. The van der Waals surface area contributed by atoms with Gasteiger partial charge in [-0.05, 0) is 65.2 Å². The van der Waals surface area contributed by atoms with Crippen LogP contribution in [0.4, 0.5) is 4.79 Å². The largest absolute Gasteiger partial charge is 0.444 e. The summed E-state index contributed by atoms with van der Waals surface area (Å²) in [4.78, 5) is 16.7. The summed E-state index contributed by atoms with van der Waals surface area (Å²) in [5.74, 6) is 0.738. The number of carbonyl (C=O) groups is 1. The van der Waals surface area contributed by atoms with E-state index in [2.05, 4.69) is 48.0 Å². The van der Waals surface area contributed by atoms with Gasteiger partial charge in [0.25, 0.3) is 0 Å². The Morgan fingerprint density at radius 3 is 2.53 bits per heavy atom. The molecular formula is C24H36N4O4. The molecule has 1 N–H and O–H groups in total. The smallest absolute Gasteiger partial charge is 0.410 e. The minimum atomic E-state index is -0.772. The van der Waals surface area contributed by atoms with Crippen molar-refractivity contribution >= 4 is 6.09 Å². The summed E-state index contributed by atoms with van der Waals surface area (Å²) in [6.45, 7) is 16.6. The fourth-order valence-electron chi connectivity index (χ4n) is 4.04. The molecule has 3 rings (SSSR count). The van der Waals surface area contributed by atoms with Crippen LogP contribution in [-0.4, -0.2) is 62.5 Å². The zero-order chi connectivity index (χ0) is 23.6. The van der Waals surface area contributed by atoms with Gasteiger partial charge in [-0.15, -0.1) is 10.2 Å². The first-order chi connectivity index (χ1) is 14.9. The molecule has 0 radical (unpaired) electrons. The van der Waals surface area contributed by atoms with E-state index in [1.165, 1.54) is 16.7 Å². The summed E-state index contributed by atoms with van der Waals surface area (Å²) >= 11 is 0. The average molecular weight is 445 g/mol. The molecule has 2 atom stereocenters. The number of piperazine rings is 1. The van der Waals surface area contributed by atoms with Crippen molar-refractivity contribution in [1.82, 2.24) is 20.0 Å². The highest BCUT2D eigenvalue weighted by Gasteiger charge is 2.31. The van der Waals surface area contributed by atoms with Crippen LogP contribution in [0, 0.1) is 13.8 Å². The number of hydrogen-bond donors (Lipinski definition) is 1. The monoisotopic (exact) mass is 444 g/mol. The van der Waals surface area contributed by atoms with Crippen molar-refractivity contribution in [3.05, 3.63) is 46.2 Å². The van der Waals surface area contributed by atoms with Gasteiger partial charge in [-0.25, -0.2) is 4.79 Å². The molecule has 1 amide bonds. The lowest BCUT2D eigenvalue weighted by atomic mass is 9.96. The van der Waals surface area contributed by atoms with E-state index in [0.717, 1.165) is 25.2 Å². The number of aliphatic hydroxyl groups excluding tert-OH is 1. The molecule has 0 bridgehead atoms. The van der Waals surface area contributed by atoms with E-state index in [1.807, 2.05) is 25.7 Å². The molecule has 1 aliphatic rings. The van der Waals surface area contributed by atoms with E-state index in [4.69, 9.17) is 9.15 Å². The predicted octanol–water partition coefficient (Wildman–Crippen LogP) is 3.77. The zero-order valence-corrected chi connectivity index (χ0v) is 20.3. The Morgan fingerprint density at radius 2 is 1.94 bits per heavy atom. The highest BCUT2D eigenvalue weighted by Crippen LogP contribution is 2.24. The van der Waals surface area contributed by atoms with Crippen molar-refractivity contribution in [2.24, 2.45) is 0 Å². The van der Waals surface area contributed by atoms with Crippen LogP contribution in [0.5, 0.6) is 0 Å². The third kappa shape index (κ3) is 6.07. The number of carbonyl (C=O) groups excluding carboxylic acids is 1. The lowest BCUT2D eigenvalue weighted by molar-refractivity contribution is 0.000534. The van der Waals surface area contributed by atoms with Crippen LogP contribution in [-0.2, 0) is 17.7 Å². The molecule has 1 fully saturated rings. The van der Waals surface area contributed by atoms with Crippen LogP contribution in [0.1, 0.15) is 74.8 Å². The van der Waals surface area contributed by atoms with E-state index in [-0.39, 0.29) is 18.0 Å². The summed E-state index contributed by atoms with van der Waals surface area (Å²) in [6.07, 6.45) is -0.482. The van der Waals surface area contributed by atoms with Crippen molar-refractivity contribution < 1.29 is 19.1 Å². The molecule has 1 aliphatic heterocycles. The third-order valence-electron chi connectivity index (χ3n) is 5.68. The standard InChI is InChI=1S/C24H36N4O4/c1-15-10-19(12-21-25-26-22(31-21)18(4)29)17(3)20(11-15)14-27-8-9-28(16(2)13-27)23(30)32-24(5,6)7/h10-11,16,18,29H,8-9,12-14H2,1-7H3/t16-,18-/m0/s1. The van der Waals surface area contributed by atoms with Gasteiger partial charge in [-0.1, -0.05) is 17.7 Å². The summed E-state index contributed by atoms with van der Waals surface area (Å²) < 4.78 is 11.1. The summed E-state index contributed by atoms with van der Waals surface area (Å²) in [5.41, 5.74) is 4.29. The molecule has 0 aliphatic carbocycles. The minimum Gasteiger partial charge on any atom is -0.444 e. The maximum absolute atomic E-state index is 12.5. The van der Waals surface area contributed by atoms with Gasteiger partial charge < -0.3 is 19.2 Å². The first kappa shape index (κ1) is 24.2. The number of aryl methyl sites for hydroxylation is 1. The lowest BCUT2D eigenvalue weighted by Gasteiger charge is -2.40. The second kappa shape index (κ2) is 9.58. The van der Waals surface area contributed by atoms with Crippen molar-refractivity contribution in [3.8, 4) is 0 Å². The minimum absolute atomic E-state index is 0.0838. The number of aliphatic hydroxyl groups is 1. The molecule has 1 aromatic carbocycles. The van der Waals surface area contributed by atoms with Crippen molar-refractivity contribution in [3.63, 3.8) is 0 Å². The van der Waals surface area contributed by atoms with Gasteiger partial charge in [0.1, 0.15) is 11.7 Å². The molecular weight excluding hydrogens is 408 g/mol. The molecule has 176 valence electrons. The van der Waals surface area contributed by atoms with Gasteiger partial charge in [0, 0.05) is 32.2 Å². The molecule has 1 saturated heterocycles. The Bertz CT molecular complexity index is 948. The number of ether oxygens (including phenoxy) is 1. The molecule has 8 heteroatoms. The van der Waals surface area contributed by atoms with Crippen LogP contribution >= 0.6 is 0 Å². The van der Waals surface area contributed by atoms with E-state index in [1.54, 1.807) is 6.92 Å². The molecule has 0 spiro atoms. The summed E-state index contributed by atoms with van der Waals surface area (Å²) in [6, 6.07) is 4.45. The molecule has 2 aromatic rings. The van der Waals surface area contributed by atoms with E-state index in [9.17, 15) is 9.90 Å². The highest BCUT2D eigenvalue weighted by molar-refractivity contribution is 5.68. The van der Waals surface area contributed by atoms with Crippen molar-refractivity contribution in [2.45, 2.75) is 79.2 Å². The Hall–Kier alpha value is -2.45. The normalized spacial score (nSPS) is 18.6. The summed E-state index contributed by atoms with van der Waals surface area (Å²) in [7, 11) is 0. The predicted molar refractivity (Wildman–Crippen MR) is 121 cm³/mol. The maximum Gasteiger partial charge on any atom is 0.410 e. The highest BCUT2D eigenvalue weighted by atomic mass is 16.6. The third-order valence-corrected chi connectivity index (χ3v) is 5.68. The van der Waals surface area contributed by atoms with Gasteiger partial charge in [-0.2, -0.15) is 0 Å². The molecule has 32 heavy (non-hydrogen) atoms. The Kier molecular flexibility index (Phi) is 7.25. The molecule has 2 heterocycles. The van der Waals surface area contributed by atoms with E-state index < -0.39 is 11.7 Å². The van der Waals surface area contributed by atoms with Crippen LogP contribution in [0.25, 0.3) is 0 Å². The maximum atomic E-state index is 12.5. The molecule has 0 saturated carbocycles. The molecule has 1 aromatic heterocycles. The Balaban J connectivity index is 1.68. The fraction of sp³-hybridized carbons (Fsp3) is 0.625. The van der Waals surface area contributed by atoms with E-state index >= 15 is 0 Å². The number of rotatable bonds is 5.